The van der Waals surface area contributed by atoms with Crippen LogP contribution in [0.3, 0.4) is 0 Å². The van der Waals surface area contributed by atoms with Crippen LogP contribution in [0.15, 0.2) is 91.0 Å². The molecule has 0 amide bonds. The number of carbonyl (C=O) groups excluding carboxylic acids is 2. The fourth-order valence-electron chi connectivity index (χ4n) is 3.21. The van der Waals surface area contributed by atoms with Gasteiger partial charge in [0.2, 0.25) is 0 Å². The van der Waals surface area contributed by atoms with Crippen molar-refractivity contribution in [3.63, 3.8) is 0 Å². The summed E-state index contributed by atoms with van der Waals surface area (Å²) < 4.78 is 10.7. The van der Waals surface area contributed by atoms with Crippen LogP contribution in [-0.2, 0) is 31.9 Å². The van der Waals surface area contributed by atoms with Crippen LogP contribution in [-0.4, -0.2) is 29.5 Å². The summed E-state index contributed by atoms with van der Waals surface area (Å²) in [5.74, 6) is -1.20. The lowest BCUT2D eigenvalue weighted by Crippen LogP contribution is -2.36. The number of hydrogen-bond acceptors (Lipinski definition) is 6. The Balaban J connectivity index is 1.72. The van der Waals surface area contributed by atoms with E-state index in [1.807, 2.05) is 12.1 Å². The van der Waals surface area contributed by atoms with Crippen LogP contribution in [0.4, 0.5) is 0 Å². The first-order chi connectivity index (χ1) is 15.5. The molecule has 0 saturated carbocycles. The summed E-state index contributed by atoms with van der Waals surface area (Å²) in [5.41, 5.74) is 1.93. The Morgan fingerprint density at radius 1 is 0.750 bits per heavy atom. The number of carbonyl (C=O) groups is 2. The lowest BCUT2D eigenvalue weighted by Gasteiger charge is -2.22. The molecule has 32 heavy (non-hydrogen) atoms. The van der Waals surface area contributed by atoms with Gasteiger partial charge in [-0.3, -0.25) is 19.7 Å². The Morgan fingerprint density at radius 2 is 1.22 bits per heavy atom. The van der Waals surface area contributed by atoms with Crippen LogP contribution in [0.25, 0.3) is 0 Å². The molecule has 0 aliphatic rings. The van der Waals surface area contributed by atoms with Gasteiger partial charge in [-0.2, -0.15) is 0 Å². The highest BCUT2D eigenvalue weighted by atomic mass is 16.6. The van der Waals surface area contributed by atoms with Crippen molar-refractivity contribution in [3.05, 3.63) is 118 Å². The molecule has 3 aromatic rings. The second-order valence-corrected chi connectivity index (χ2v) is 7.18. The van der Waals surface area contributed by atoms with E-state index in [9.17, 15) is 19.7 Å². The molecule has 2 unspecified atom stereocenters. The van der Waals surface area contributed by atoms with Crippen molar-refractivity contribution < 1.29 is 24.0 Å². The summed E-state index contributed by atoms with van der Waals surface area (Å²) in [5, 5.41) is 11.8. The fraction of sp³-hybridized carbons (Fsp3) is 0.200. The van der Waals surface area contributed by atoms with Gasteiger partial charge >= 0.3 is 11.9 Å². The normalized spacial score (nSPS) is 12.4. The minimum absolute atomic E-state index is 0.00489. The highest BCUT2D eigenvalue weighted by Crippen LogP contribution is 2.25. The number of nitrogens with zero attached hydrogens (tertiary/aromatic N) is 1. The molecule has 2 atom stereocenters. The highest BCUT2D eigenvalue weighted by molar-refractivity contribution is 5.73. The zero-order valence-electron chi connectivity index (χ0n) is 17.3. The van der Waals surface area contributed by atoms with Crippen molar-refractivity contribution in [2.75, 3.05) is 6.61 Å². The smallest absolute Gasteiger partial charge is 0.311 e. The van der Waals surface area contributed by atoms with Crippen molar-refractivity contribution in [2.45, 2.75) is 25.0 Å². The van der Waals surface area contributed by atoms with E-state index in [2.05, 4.69) is 0 Å². The second kappa shape index (κ2) is 11.4. The van der Waals surface area contributed by atoms with Gasteiger partial charge in [0.05, 0.1) is 12.8 Å². The predicted molar refractivity (Wildman–Crippen MR) is 117 cm³/mol. The molecule has 0 aliphatic carbocycles. The topological polar surface area (TPSA) is 95.7 Å². The number of ether oxygens (including phenoxy) is 2. The van der Waals surface area contributed by atoms with E-state index in [0.29, 0.717) is 5.56 Å². The van der Waals surface area contributed by atoms with Gasteiger partial charge in [-0.1, -0.05) is 91.0 Å². The maximum Gasteiger partial charge on any atom is 0.311 e. The summed E-state index contributed by atoms with van der Waals surface area (Å²) in [6.45, 7) is -0.517. The van der Waals surface area contributed by atoms with Gasteiger partial charge < -0.3 is 9.47 Å². The number of nitro groups is 1. The number of rotatable bonds is 10. The van der Waals surface area contributed by atoms with Crippen molar-refractivity contribution in [3.8, 4) is 0 Å². The van der Waals surface area contributed by atoms with Crippen molar-refractivity contribution in [2.24, 2.45) is 0 Å². The quantitative estimate of drug-likeness (QED) is 0.273. The molecule has 0 aromatic heterocycles. The van der Waals surface area contributed by atoms with Crippen molar-refractivity contribution in [1.82, 2.24) is 0 Å². The molecule has 0 aliphatic heterocycles. The first kappa shape index (κ1) is 22.7. The highest BCUT2D eigenvalue weighted by Gasteiger charge is 2.37. The summed E-state index contributed by atoms with van der Waals surface area (Å²) in [6, 6.07) is 24.9. The van der Waals surface area contributed by atoms with E-state index >= 15 is 0 Å². The van der Waals surface area contributed by atoms with Gasteiger partial charge in [-0.15, -0.1) is 0 Å². The average Bonchev–Trinajstić information content (AvgIpc) is 2.80. The molecule has 0 N–H and O–H groups in total. The molecule has 0 fully saturated rings. The first-order valence-corrected chi connectivity index (χ1v) is 10.1. The molecule has 7 heteroatoms. The number of hydrogen-bond donors (Lipinski definition) is 0. The molecule has 0 radical (unpaired) electrons. The van der Waals surface area contributed by atoms with Gasteiger partial charge in [-0.25, -0.2) is 0 Å². The maximum absolute atomic E-state index is 12.5. The summed E-state index contributed by atoms with van der Waals surface area (Å²) in [4.78, 5) is 36.0. The lowest BCUT2D eigenvalue weighted by molar-refractivity contribution is -0.538. The predicted octanol–water partition coefficient (Wildman–Crippen LogP) is 3.94. The van der Waals surface area contributed by atoms with Crippen LogP contribution in [0.2, 0.25) is 0 Å². The fourth-order valence-corrected chi connectivity index (χ4v) is 3.21. The van der Waals surface area contributed by atoms with E-state index in [1.54, 1.807) is 78.9 Å². The Morgan fingerprint density at radius 3 is 1.72 bits per heavy atom. The maximum atomic E-state index is 12.5. The van der Waals surface area contributed by atoms with E-state index in [1.165, 1.54) is 0 Å². The van der Waals surface area contributed by atoms with Crippen LogP contribution < -0.4 is 0 Å². The zero-order valence-corrected chi connectivity index (χ0v) is 17.3. The molecule has 3 aromatic carbocycles. The van der Waals surface area contributed by atoms with Crippen LogP contribution in [0.1, 0.15) is 22.8 Å². The van der Waals surface area contributed by atoms with E-state index in [-0.39, 0.29) is 12.8 Å². The molecule has 164 valence electrons. The molecule has 0 saturated heterocycles. The summed E-state index contributed by atoms with van der Waals surface area (Å²) in [7, 11) is 0. The first-order valence-electron chi connectivity index (χ1n) is 10.1. The van der Waals surface area contributed by atoms with E-state index in [4.69, 9.17) is 9.47 Å². The minimum Gasteiger partial charge on any atom is -0.458 e. The van der Waals surface area contributed by atoms with Gasteiger partial charge in [-0.05, 0) is 16.7 Å². The third-order valence-corrected chi connectivity index (χ3v) is 4.80. The SMILES string of the molecule is O=C(Cc1ccccc1)OCC(C(OC(=O)Cc1ccccc1)c1ccccc1)[N+](=O)[O-]. The molecular formula is C25H23NO6. The van der Waals surface area contributed by atoms with Crippen LogP contribution in [0.5, 0.6) is 0 Å². The lowest BCUT2D eigenvalue weighted by atomic mass is 10.0. The van der Waals surface area contributed by atoms with Crippen molar-refractivity contribution in [1.29, 1.82) is 0 Å². The summed E-state index contributed by atoms with van der Waals surface area (Å²) in [6.07, 6.45) is -1.23. The van der Waals surface area contributed by atoms with Gasteiger partial charge in [0, 0.05) is 4.92 Å². The molecular weight excluding hydrogens is 410 g/mol. The number of esters is 2. The Labute approximate surface area is 185 Å². The average molecular weight is 433 g/mol. The zero-order chi connectivity index (χ0) is 22.8. The third-order valence-electron chi connectivity index (χ3n) is 4.80. The molecule has 0 spiro atoms. The van der Waals surface area contributed by atoms with E-state index < -0.39 is 35.6 Å². The van der Waals surface area contributed by atoms with Crippen molar-refractivity contribution >= 4 is 11.9 Å². The summed E-state index contributed by atoms with van der Waals surface area (Å²) >= 11 is 0. The van der Waals surface area contributed by atoms with Crippen LogP contribution >= 0.6 is 0 Å². The van der Waals surface area contributed by atoms with Gasteiger partial charge in [0.25, 0.3) is 6.04 Å². The second-order valence-electron chi connectivity index (χ2n) is 7.18. The Bertz CT molecular complexity index is 1020. The molecule has 7 nitrogen and oxygen atoms in total. The number of benzene rings is 3. The Kier molecular flexibility index (Phi) is 8.09. The third kappa shape index (κ3) is 6.77. The largest absolute Gasteiger partial charge is 0.458 e. The monoisotopic (exact) mass is 433 g/mol. The minimum atomic E-state index is -1.45. The Hall–Kier alpha value is -4.00. The van der Waals surface area contributed by atoms with E-state index in [0.717, 1.165) is 11.1 Å². The molecule has 3 rings (SSSR count). The standard InChI is InChI=1S/C25H23NO6/c27-23(16-19-10-4-1-5-11-19)31-18-22(26(29)30)25(21-14-8-3-9-15-21)32-24(28)17-20-12-6-2-7-13-20/h1-15,22,25H,16-18H2. The van der Waals surface area contributed by atoms with Gasteiger partial charge in [0.15, 0.2) is 12.7 Å². The van der Waals surface area contributed by atoms with Crippen LogP contribution in [0, 0.1) is 10.1 Å². The molecule has 0 heterocycles. The molecule has 0 bridgehead atoms. The van der Waals surface area contributed by atoms with Gasteiger partial charge in [0.1, 0.15) is 0 Å².